The minimum atomic E-state index is -0.639. The van der Waals surface area contributed by atoms with Crippen molar-refractivity contribution in [3.05, 3.63) is 64.9 Å². The minimum absolute atomic E-state index is 0.259. The number of nitrogens with zero attached hydrogens (tertiary/aromatic N) is 1. The molecule has 0 radical (unpaired) electrons. The second-order valence-corrected chi connectivity index (χ2v) is 5.35. The van der Waals surface area contributed by atoms with E-state index in [0.29, 0.717) is 17.2 Å². The number of halogens is 1. The summed E-state index contributed by atoms with van der Waals surface area (Å²) in [7, 11) is 1.60. The molecule has 5 heteroatoms. The van der Waals surface area contributed by atoms with E-state index in [9.17, 15) is 4.79 Å². The van der Waals surface area contributed by atoms with Crippen LogP contribution in [0.4, 0.5) is 0 Å². The zero-order valence-electron chi connectivity index (χ0n) is 12.0. The summed E-state index contributed by atoms with van der Waals surface area (Å²) in [6.45, 7) is 2.27. The van der Waals surface area contributed by atoms with Gasteiger partial charge in [-0.25, -0.2) is 0 Å². The van der Waals surface area contributed by atoms with Crippen molar-refractivity contribution in [2.24, 2.45) is 0 Å². The summed E-state index contributed by atoms with van der Waals surface area (Å²) in [5, 5.41) is 3.31. The van der Waals surface area contributed by atoms with E-state index in [1.807, 2.05) is 37.3 Å². The summed E-state index contributed by atoms with van der Waals surface area (Å²) in [4.78, 5) is 16.3. The topological polar surface area (TPSA) is 51.2 Å². The highest BCUT2D eigenvalue weighted by atomic mass is 35.5. The van der Waals surface area contributed by atoms with Gasteiger partial charge >= 0.3 is 0 Å². The van der Waals surface area contributed by atoms with Crippen molar-refractivity contribution in [2.75, 3.05) is 13.7 Å². The molecule has 1 amide bonds. The van der Waals surface area contributed by atoms with Gasteiger partial charge in [-0.3, -0.25) is 9.78 Å². The molecular weight excluding hydrogens is 288 g/mol. The molecule has 0 spiro atoms. The van der Waals surface area contributed by atoms with Gasteiger partial charge in [0.05, 0.1) is 22.7 Å². The van der Waals surface area contributed by atoms with E-state index in [1.54, 1.807) is 13.2 Å². The molecule has 1 aromatic heterocycles. The largest absolute Gasteiger partial charge is 0.382 e. The number of amides is 1. The molecule has 1 aromatic carbocycles. The van der Waals surface area contributed by atoms with Crippen LogP contribution in [-0.4, -0.2) is 24.6 Å². The summed E-state index contributed by atoms with van der Waals surface area (Å²) >= 11 is 6.02. The van der Waals surface area contributed by atoms with Crippen LogP contribution in [0, 0.1) is 0 Å². The standard InChI is InChI=1S/C16H17ClN2O2/c1-16(11-21-2,12-6-4-3-5-7-12)19-15(20)13-8-9-18-10-14(13)17/h3-10H,11H2,1-2H3,(H,19,20)/t16-/m1/s1. The number of aromatic nitrogens is 1. The number of hydrogen-bond acceptors (Lipinski definition) is 3. The first kappa shape index (κ1) is 15.5. The quantitative estimate of drug-likeness (QED) is 0.924. The monoisotopic (exact) mass is 304 g/mol. The molecule has 0 fully saturated rings. The van der Waals surface area contributed by atoms with Crippen molar-refractivity contribution in [1.29, 1.82) is 0 Å². The van der Waals surface area contributed by atoms with E-state index in [2.05, 4.69) is 10.3 Å². The molecule has 0 aliphatic heterocycles. The maximum Gasteiger partial charge on any atom is 0.253 e. The predicted molar refractivity (Wildman–Crippen MR) is 82.4 cm³/mol. The highest BCUT2D eigenvalue weighted by Crippen LogP contribution is 2.23. The molecule has 0 unspecified atom stereocenters. The van der Waals surface area contributed by atoms with Crippen LogP contribution in [0.2, 0.25) is 5.02 Å². The molecule has 0 bridgehead atoms. The lowest BCUT2D eigenvalue weighted by Crippen LogP contribution is -2.46. The van der Waals surface area contributed by atoms with Gasteiger partial charge in [0.25, 0.3) is 5.91 Å². The Balaban J connectivity index is 2.29. The summed E-state index contributed by atoms with van der Waals surface area (Å²) in [5.41, 5.74) is 0.718. The second-order valence-electron chi connectivity index (χ2n) is 4.94. The number of rotatable bonds is 5. The Bertz CT molecular complexity index is 619. The maximum atomic E-state index is 12.5. The molecule has 1 atom stereocenters. The number of pyridine rings is 1. The fourth-order valence-corrected chi connectivity index (χ4v) is 2.37. The number of carbonyl (C=O) groups is 1. The summed E-state index contributed by atoms with van der Waals surface area (Å²) in [6.07, 6.45) is 2.99. The van der Waals surface area contributed by atoms with Crippen LogP contribution in [-0.2, 0) is 10.3 Å². The normalized spacial score (nSPS) is 13.5. The lowest BCUT2D eigenvalue weighted by Gasteiger charge is -2.31. The molecular formula is C16H17ClN2O2. The molecule has 0 saturated heterocycles. The first-order valence-corrected chi connectivity index (χ1v) is 6.91. The predicted octanol–water partition coefficient (Wildman–Crippen LogP) is 3.03. The van der Waals surface area contributed by atoms with Crippen molar-refractivity contribution in [3.8, 4) is 0 Å². The maximum absolute atomic E-state index is 12.5. The van der Waals surface area contributed by atoms with Crippen LogP contribution in [0.15, 0.2) is 48.8 Å². The Labute approximate surface area is 129 Å². The van der Waals surface area contributed by atoms with E-state index in [0.717, 1.165) is 5.56 Å². The third-order valence-corrected chi connectivity index (χ3v) is 3.55. The molecule has 4 nitrogen and oxygen atoms in total. The van der Waals surface area contributed by atoms with Crippen LogP contribution in [0.3, 0.4) is 0 Å². The average molecular weight is 305 g/mol. The SMILES string of the molecule is COC[C@@](C)(NC(=O)c1ccncc1Cl)c1ccccc1. The highest BCUT2D eigenvalue weighted by Gasteiger charge is 2.29. The Morgan fingerprint density at radius 1 is 1.33 bits per heavy atom. The fraction of sp³-hybridized carbons (Fsp3) is 0.250. The van der Waals surface area contributed by atoms with Crippen molar-refractivity contribution in [1.82, 2.24) is 10.3 Å². The molecule has 1 N–H and O–H groups in total. The van der Waals surface area contributed by atoms with Crippen LogP contribution in [0.25, 0.3) is 0 Å². The van der Waals surface area contributed by atoms with Gasteiger partial charge < -0.3 is 10.1 Å². The van der Waals surface area contributed by atoms with Gasteiger partial charge in [-0.05, 0) is 18.6 Å². The third kappa shape index (κ3) is 3.60. The van der Waals surface area contributed by atoms with Gasteiger partial charge in [0.2, 0.25) is 0 Å². The molecule has 2 aromatic rings. The third-order valence-electron chi connectivity index (χ3n) is 3.25. The van der Waals surface area contributed by atoms with Crippen LogP contribution >= 0.6 is 11.6 Å². The highest BCUT2D eigenvalue weighted by molar-refractivity contribution is 6.33. The van der Waals surface area contributed by atoms with Crippen molar-refractivity contribution in [2.45, 2.75) is 12.5 Å². The van der Waals surface area contributed by atoms with E-state index in [-0.39, 0.29) is 5.91 Å². The first-order valence-electron chi connectivity index (χ1n) is 6.53. The molecule has 0 aliphatic rings. The lowest BCUT2D eigenvalue weighted by molar-refractivity contribution is 0.0786. The number of benzene rings is 1. The smallest absolute Gasteiger partial charge is 0.253 e. The number of carbonyl (C=O) groups excluding carboxylic acids is 1. The molecule has 1 heterocycles. The Morgan fingerprint density at radius 3 is 2.67 bits per heavy atom. The number of hydrogen-bond donors (Lipinski definition) is 1. The zero-order valence-corrected chi connectivity index (χ0v) is 12.7. The number of ether oxygens (including phenoxy) is 1. The summed E-state index contributed by atoms with van der Waals surface area (Å²) in [6, 6.07) is 11.3. The number of methoxy groups -OCH3 is 1. The van der Waals surface area contributed by atoms with Gasteiger partial charge in [0.15, 0.2) is 0 Å². The second kappa shape index (κ2) is 6.70. The van der Waals surface area contributed by atoms with Crippen molar-refractivity contribution in [3.63, 3.8) is 0 Å². The number of nitrogens with one attached hydrogen (secondary N) is 1. The van der Waals surface area contributed by atoms with Crippen LogP contribution < -0.4 is 5.32 Å². The lowest BCUT2D eigenvalue weighted by atomic mass is 9.92. The van der Waals surface area contributed by atoms with Crippen LogP contribution in [0.5, 0.6) is 0 Å². The van der Waals surface area contributed by atoms with Gasteiger partial charge in [0.1, 0.15) is 0 Å². The molecule has 2 rings (SSSR count). The van der Waals surface area contributed by atoms with Gasteiger partial charge in [-0.2, -0.15) is 0 Å². The van der Waals surface area contributed by atoms with Crippen molar-refractivity contribution < 1.29 is 9.53 Å². The Morgan fingerprint density at radius 2 is 2.05 bits per heavy atom. The Kier molecular flexibility index (Phi) is 4.94. The van der Waals surface area contributed by atoms with Crippen LogP contribution in [0.1, 0.15) is 22.8 Å². The first-order chi connectivity index (χ1) is 10.1. The molecule has 0 saturated carbocycles. The molecule has 0 aliphatic carbocycles. The summed E-state index contributed by atoms with van der Waals surface area (Å²) < 4.78 is 5.27. The molecule has 110 valence electrons. The van der Waals surface area contributed by atoms with Gasteiger partial charge in [0, 0.05) is 19.5 Å². The van der Waals surface area contributed by atoms with E-state index in [1.165, 1.54) is 12.4 Å². The molecule has 21 heavy (non-hydrogen) atoms. The van der Waals surface area contributed by atoms with E-state index in [4.69, 9.17) is 16.3 Å². The van der Waals surface area contributed by atoms with E-state index >= 15 is 0 Å². The van der Waals surface area contributed by atoms with Gasteiger partial charge in [-0.1, -0.05) is 41.9 Å². The average Bonchev–Trinajstić information content (AvgIpc) is 2.48. The van der Waals surface area contributed by atoms with Crippen molar-refractivity contribution >= 4 is 17.5 Å². The fourth-order valence-electron chi connectivity index (χ4n) is 2.16. The Hall–Kier alpha value is -1.91. The summed E-state index contributed by atoms with van der Waals surface area (Å²) in [5.74, 6) is -0.259. The zero-order chi connectivity index (χ0) is 15.3. The van der Waals surface area contributed by atoms with E-state index < -0.39 is 5.54 Å². The minimum Gasteiger partial charge on any atom is -0.382 e. The van der Waals surface area contributed by atoms with Gasteiger partial charge in [-0.15, -0.1) is 0 Å².